The number of amides is 3. The van der Waals surface area contributed by atoms with E-state index in [0.29, 0.717) is 32.2 Å². The second-order valence-electron chi connectivity index (χ2n) is 8.70. The number of nitrogens with zero attached hydrogens (tertiary/aromatic N) is 1. The van der Waals surface area contributed by atoms with Crippen LogP contribution >= 0.6 is 12.6 Å². The molecular weight excluding hydrogens is 408 g/mol. The molecule has 0 aromatic carbocycles. The van der Waals surface area contributed by atoms with E-state index in [1.165, 1.54) is 4.90 Å². The molecule has 1 rings (SSSR count). The lowest BCUT2D eigenvalue weighted by Crippen LogP contribution is -2.57. The number of carboxylic acid groups (broad SMARTS) is 1. The van der Waals surface area contributed by atoms with E-state index in [1.54, 1.807) is 0 Å². The topological polar surface area (TPSA) is 142 Å². The average Bonchev–Trinajstić information content (AvgIpc) is 3.13. The van der Waals surface area contributed by atoms with E-state index in [4.69, 9.17) is 5.73 Å². The first-order valence-corrected chi connectivity index (χ1v) is 11.1. The van der Waals surface area contributed by atoms with E-state index in [0.717, 1.165) is 0 Å². The summed E-state index contributed by atoms with van der Waals surface area (Å²) in [7, 11) is 0. The largest absolute Gasteiger partial charge is 0.480 e. The molecule has 1 aliphatic rings. The monoisotopic (exact) mass is 444 g/mol. The summed E-state index contributed by atoms with van der Waals surface area (Å²) in [6, 6.07) is -3.41. The van der Waals surface area contributed by atoms with Gasteiger partial charge in [0.05, 0.1) is 6.04 Å². The van der Waals surface area contributed by atoms with Crippen molar-refractivity contribution in [1.82, 2.24) is 15.5 Å². The number of likely N-dealkylation sites (tertiary alicyclic amines) is 1. The van der Waals surface area contributed by atoms with Crippen LogP contribution in [0, 0.1) is 11.8 Å². The maximum atomic E-state index is 13.0. The van der Waals surface area contributed by atoms with Gasteiger partial charge in [0.2, 0.25) is 17.7 Å². The summed E-state index contributed by atoms with van der Waals surface area (Å²) >= 11 is 4.18. The number of carbonyl (C=O) groups is 4. The van der Waals surface area contributed by atoms with Gasteiger partial charge in [-0.15, -0.1) is 0 Å². The fourth-order valence-electron chi connectivity index (χ4n) is 3.54. The molecule has 5 N–H and O–H groups in total. The number of carboxylic acids is 1. The van der Waals surface area contributed by atoms with Crippen LogP contribution in [0.4, 0.5) is 0 Å². The zero-order valence-corrected chi connectivity index (χ0v) is 19.2. The van der Waals surface area contributed by atoms with Crippen LogP contribution in [-0.4, -0.2) is 70.2 Å². The summed E-state index contributed by atoms with van der Waals surface area (Å²) in [6.45, 7) is 8.00. The standard InChI is InChI=1S/C20H36N4O5S/c1-11(2)8-13(21)17(25)23-15(10-30)19(27)24-7-5-6-16(24)18(26)22-14(20(28)29)9-12(3)4/h11-16,30H,5-10,21H2,1-4H3,(H,22,26)(H,23,25)(H,28,29). The minimum Gasteiger partial charge on any atom is -0.480 e. The number of carbonyl (C=O) groups excluding carboxylic acids is 3. The molecule has 1 fully saturated rings. The Morgan fingerprint density at radius 1 is 1.07 bits per heavy atom. The highest BCUT2D eigenvalue weighted by Gasteiger charge is 2.38. The third kappa shape index (κ3) is 7.79. The van der Waals surface area contributed by atoms with E-state index >= 15 is 0 Å². The molecule has 10 heteroatoms. The first-order chi connectivity index (χ1) is 14.0. The Kier molecular flexibility index (Phi) is 10.6. The minimum atomic E-state index is -1.10. The van der Waals surface area contributed by atoms with Gasteiger partial charge in [-0.3, -0.25) is 14.4 Å². The minimum absolute atomic E-state index is 0.0644. The van der Waals surface area contributed by atoms with Crippen LogP contribution in [0.2, 0.25) is 0 Å². The zero-order valence-electron chi connectivity index (χ0n) is 18.3. The van der Waals surface area contributed by atoms with Crippen molar-refractivity contribution in [3.05, 3.63) is 0 Å². The van der Waals surface area contributed by atoms with Gasteiger partial charge >= 0.3 is 5.97 Å². The molecule has 1 saturated heterocycles. The number of nitrogens with two attached hydrogens (primary N) is 1. The van der Waals surface area contributed by atoms with Crippen molar-refractivity contribution in [2.75, 3.05) is 12.3 Å². The van der Waals surface area contributed by atoms with Crippen molar-refractivity contribution < 1.29 is 24.3 Å². The molecule has 0 aromatic rings. The van der Waals surface area contributed by atoms with Gasteiger partial charge in [-0.2, -0.15) is 12.6 Å². The highest BCUT2D eigenvalue weighted by molar-refractivity contribution is 7.80. The van der Waals surface area contributed by atoms with Crippen LogP contribution in [-0.2, 0) is 19.2 Å². The molecule has 0 saturated carbocycles. The summed E-state index contributed by atoms with van der Waals surface area (Å²) in [5.74, 6) is -2.05. The molecule has 0 aromatic heterocycles. The number of rotatable bonds is 11. The van der Waals surface area contributed by atoms with Crippen LogP contribution in [0.15, 0.2) is 0 Å². The molecular formula is C20H36N4O5S. The maximum absolute atomic E-state index is 13.0. The first kappa shape index (κ1) is 26.2. The second-order valence-corrected chi connectivity index (χ2v) is 9.06. The van der Waals surface area contributed by atoms with E-state index in [9.17, 15) is 24.3 Å². The number of hydrogen-bond acceptors (Lipinski definition) is 6. The normalized spacial score (nSPS) is 19.5. The van der Waals surface area contributed by atoms with Crippen molar-refractivity contribution in [1.29, 1.82) is 0 Å². The molecule has 9 nitrogen and oxygen atoms in total. The number of hydrogen-bond donors (Lipinski definition) is 5. The predicted molar refractivity (Wildman–Crippen MR) is 117 cm³/mol. The summed E-state index contributed by atoms with van der Waals surface area (Å²) in [6.07, 6.45) is 1.84. The van der Waals surface area contributed by atoms with Gasteiger partial charge in [-0.05, 0) is 37.5 Å². The van der Waals surface area contributed by atoms with Crippen LogP contribution in [0.1, 0.15) is 53.4 Å². The van der Waals surface area contributed by atoms with Crippen LogP contribution in [0.5, 0.6) is 0 Å². The zero-order chi connectivity index (χ0) is 23.0. The Labute approximate surface area is 183 Å². The molecule has 0 spiro atoms. The van der Waals surface area contributed by atoms with Crippen molar-refractivity contribution in [3.8, 4) is 0 Å². The molecule has 172 valence electrons. The third-order valence-electron chi connectivity index (χ3n) is 5.02. The molecule has 0 aliphatic carbocycles. The highest BCUT2D eigenvalue weighted by atomic mass is 32.1. The average molecular weight is 445 g/mol. The second kappa shape index (κ2) is 12.1. The Hall–Kier alpha value is -1.81. The molecule has 1 heterocycles. The van der Waals surface area contributed by atoms with Crippen molar-refractivity contribution in [2.45, 2.75) is 77.5 Å². The van der Waals surface area contributed by atoms with E-state index < -0.39 is 47.9 Å². The van der Waals surface area contributed by atoms with Crippen LogP contribution in [0.3, 0.4) is 0 Å². The maximum Gasteiger partial charge on any atom is 0.326 e. The number of nitrogens with one attached hydrogen (secondary N) is 2. The lowest BCUT2D eigenvalue weighted by atomic mass is 10.0. The molecule has 30 heavy (non-hydrogen) atoms. The van der Waals surface area contributed by atoms with Gasteiger partial charge < -0.3 is 26.4 Å². The molecule has 1 aliphatic heterocycles. The van der Waals surface area contributed by atoms with Crippen molar-refractivity contribution in [3.63, 3.8) is 0 Å². The summed E-state index contributed by atoms with van der Waals surface area (Å²) in [5.41, 5.74) is 5.89. The van der Waals surface area contributed by atoms with Gasteiger partial charge in [0.1, 0.15) is 18.1 Å². The summed E-state index contributed by atoms with van der Waals surface area (Å²) < 4.78 is 0. The summed E-state index contributed by atoms with van der Waals surface area (Å²) in [5, 5.41) is 14.6. The van der Waals surface area contributed by atoms with Gasteiger partial charge in [0.15, 0.2) is 0 Å². The molecule has 4 unspecified atom stereocenters. The summed E-state index contributed by atoms with van der Waals surface area (Å²) in [4.78, 5) is 50.9. The van der Waals surface area contributed by atoms with Crippen LogP contribution < -0.4 is 16.4 Å². The fourth-order valence-corrected chi connectivity index (χ4v) is 3.79. The van der Waals surface area contributed by atoms with Crippen molar-refractivity contribution in [2.24, 2.45) is 17.6 Å². The van der Waals surface area contributed by atoms with Crippen molar-refractivity contribution >= 4 is 36.3 Å². The van der Waals surface area contributed by atoms with Gasteiger partial charge in [-0.1, -0.05) is 27.7 Å². The molecule has 0 radical (unpaired) electrons. The molecule has 3 amide bonds. The fraction of sp³-hybridized carbons (Fsp3) is 0.800. The van der Waals surface area contributed by atoms with Crippen LogP contribution in [0.25, 0.3) is 0 Å². The lowest BCUT2D eigenvalue weighted by molar-refractivity contribution is -0.145. The van der Waals surface area contributed by atoms with E-state index in [2.05, 4.69) is 23.3 Å². The van der Waals surface area contributed by atoms with Gasteiger partial charge in [-0.25, -0.2) is 4.79 Å². The third-order valence-corrected chi connectivity index (χ3v) is 5.38. The van der Waals surface area contributed by atoms with Gasteiger partial charge in [0, 0.05) is 12.3 Å². The molecule has 4 atom stereocenters. The van der Waals surface area contributed by atoms with E-state index in [-0.39, 0.29) is 17.6 Å². The number of thiol groups is 1. The Morgan fingerprint density at radius 3 is 2.17 bits per heavy atom. The lowest BCUT2D eigenvalue weighted by Gasteiger charge is -2.29. The smallest absolute Gasteiger partial charge is 0.326 e. The Bertz CT molecular complexity index is 628. The predicted octanol–water partition coefficient (Wildman–Crippen LogP) is 0.381. The Balaban J connectivity index is 2.82. The quantitative estimate of drug-likeness (QED) is 0.292. The SMILES string of the molecule is CC(C)CC(N)C(=O)NC(CS)C(=O)N1CCCC1C(=O)NC(CC(C)C)C(=O)O. The van der Waals surface area contributed by atoms with E-state index in [1.807, 2.05) is 27.7 Å². The first-order valence-electron chi connectivity index (χ1n) is 10.5. The Morgan fingerprint density at radius 2 is 1.67 bits per heavy atom. The highest BCUT2D eigenvalue weighted by Crippen LogP contribution is 2.20. The molecule has 0 bridgehead atoms. The number of aliphatic carboxylic acids is 1. The van der Waals surface area contributed by atoms with Gasteiger partial charge in [0.25, 0.3) is 0 Å².